The van der Waals surface area contributed by atoms with Gasteiger partial charge in [0.25, 0.3) is 0 Å². The fourth-order valence-electron chi connectivity index (χ4n) is 1.69. The predicted octanol–water partition coefficient (Wildman–Crippen LogP) is 2.27. The number of aromatic carboxylic acids is 1. The molecule has 0 spiro atoms. The lowest BCUT2D eigenvalue weighted by molar-refractivity contribution is 0.0687. The summed E-state index contributed by atoms with van der Waals surface area (Å²) in [7, 11) is 1.61. The van der Waals surface area contributed by atoms with Crippen LogP contribution < -0.4 is 5.32 Å². The zero-order valence-corrected chi connectivity index (χ0v) is 12.0. The van der Waals surface area contributed by atoms with Gasteiger partial charge in [0.2, 0.25) is 0 Å². The van der Waals surface area contributed by atoms with Gasteiger partial charge in [-0.1, -0.05) is 24.7 Å². The highest BCUT2D eigenvalue weighted by Crippen LogP contribution is 2.24. The molecule has 1 atom stereocenters. The van der Waals surface area contributed by atoms with E-state index in [1.165, 1.54) is 6.92 Å². The van der Waals surface area contributed by atoms with Crippen LogP contribution in [0.3, 0.4) is 0 Å². The molecule has 1 heterocycles. The molecule has 2 N–H and O–H groups in total. The average molecular weight is 286 g/mol. The van der Waals surface area contributed by atoms with Crippen molar-refractivity contribution in [1.29, 1.82) is 0 Å². The summed E-state index contributed by atoms with van der Waals surface area (Å²) in [5, 5.41) is 12.6. The van der Waals surface area contributed by atoms with Crippen LogP contribution in [-0.4, -0.2) is 41.6 Å². The Morgan fingerprint density at radius 3 is 2.63 bits per heavy atom. The van der Waals surface area contributed by atoms with Crippen LogP contribution in [0, 0.1) is 0 Å². The number of aromatic nitrogens is 1. The first-order valence-electron chi connectivity index (χ1n) is 6.00. The molecule has 0 aliphatic heterocycles. The van der Waals surface area contributed by atoms with E-state index in [4.69, 9.17) is 9.84 Å². The average Bonchev–Trinajstić information content (AvgIpc) is 2.74. The molecule has 1 rings (SSSR count). The van der Waals surface area contributed by atoms with E-state index < -0.39 is 5.97 Å². The van der Waals surface area contributed by atoms with Crippen molar-refractivity contribution in [3.05, 3.63) is 10.6 Å². The number of nitrogens with one attached hydrogen (secondary N) is 1. The lowest BCUT2D eigenvalue weighted by Gasteiger charge is -2.15. The van der Waals surface area contributed by atoms with Gasteiger partial charge in [-0.2, -0.15) is 0 Å². The molecule has 0 radical (unpaired) electrons. The second kappa shape index (κ2) is 7.20. The van der Waals surface area contributed by atoms with Crippen molar-refractivity contribution in [3.8, 4) is 0 Å². The number of anilines is 1. The Hall–Kier alpha value is -1.47. The fourth-order valence-corrected chi connectivity index (χ4v) is 2.62. The lowest BCUT2D eigenvalue weighted by atomic mass is 10.2. The Labute approximate surface area is 115 Å². The topological polar surface area (TPSA) is 88.5 Å². The summed E-state index contributed by atoms with van der Waals surface area (Å²) < 4.78 is 5.09. The number of Topliss-reactive ketones (excluding diaryl/α,β-unsaturated/α-hetero) is 1. The van der Waals surface area contributed by atoms with Crippen LogP contribution in [0.1, 0.15) is 46.8 Å². The molecule has 0 bridgehead atoms. The monoisotopic (exact) mass is 286 g/mol. The van der Waals surface area contributed by atoms with Crippen LogP contribution >= 0.6 is 11.3 Å². The van der Waals surface area contributed by atoms with Crippen LogP contribution in [0.5, 0.6) is 0 Å². The van der Waals surface area contributed by atoms with Crippen molar-refractivity contribution in [1.82, 2.24) is 4.98 Å². The molecule has 0 aliphatic carbocycles. The third-order valence-electron chi connectivity index (χ3n) is 2.48. The first-order chi connectivity index (χ1) is 8.99. The van der Waals surface area contributed by atoms with Crippen LogP contribution in [0.4, 0.5) is 5.13 Å². The Kier molecular flexibility index (Phi) is 5.91. The molecule has 0 fully saturated rings. The summed E-state index contributed by atoms with van der Waals surface area (Å²) >= 11 is 1.07. The maximum atomic E-state index is 11.4. The quantitative estimate of drug-likeness (QED) is 0.713. The molecule has 19 heavy (non-hydrogen) atoms. The maximum Gasteiger partial charge on any atom is 0.356 e. The van der Waals surface area contributed by atoms with E-state index in [9.17, 15) is 9.59 Å². The van der Waals surface area contributed by atoms with Crippen molar-refractivity contribution < 1.29 is 19.4 Å². The maximum absolute atomic E-state index is 11.4. The van der Waals surface area contributed by atoms with Crippen LogP contribution in [-0.2, 0) is 4.74 Å². The summed E-state index contributed by atoms with van der Waals surface area (Å²) in [6.07, 6.45) is 1.85. The predicted molar refractivity (Wildman–Crippen MR) is 73.3 cm³/mol. The Balaban J connectivity index is 2.91. The van der Waals surface area contributed by atoms with Crippen LogP contribution in [0.15, 0.2) is 0 Å². The Bertz CT molecular complexity index is 421. The highest BCUT2D eigenvalue weighted by atomic mass is 32.1. The molecule has 7 heteroatoms. The molecule has 1 unspecified atom stereocenters. The second-order valence-electron chi connectivity index (χ2n) is 4.14. The molecule has 6 nitrogen and oxygen atoms in total. The molecule has 106 valence electrons. The second-order valence-corrected chi connectivity index (χ2v) is 5.14. The van der Waals surface area contributed by atoms with Gasteiger partial charge in [0.1, 0.15) is 4.88 Å². The van der Waals surface area contributed by atoms with Gasteiger partial charge in [0, 0.05) is 14.0 Å². The van der Waals surface area contributed by atoms with Gasteiger partial charge in [-0.15, -0.1) is 0 Å². The van der Waals surface area contributed by atoms with Crippen molar-refractivity contribution in [2.24, 2.45) is 0 Å². The summed E-state index contributed by atoms with van der Waals surface area (Å²) in [5.74, 6) is -1.48. The number of thiazole rings is 1. The summed E-state index contributed by atoms with van der Waals surface area (Å²) in [5.41, 5.74) is -0.187. The minimum Gasteiger partial charge on any atom is -0.476 e. The number of methoxy groups -OCH3 is 1. The lowest BCUT2D eigenvalue weighted by Crippen LogP contribution is -2.24. The van der Waals surface area contributed by atoms with E-state index in [0.717, 1.165) is 24.2 Å². The number of ketones is 1. The van der Waals surface area contributed by atoms with E-state index in [1.807, 2.05) is 0 Å². The molecular weight excluding hydrogens is 268 g/mol. The summed E-state index contributed by atoms with van der Waals surface area (Å²) in [6, 6.07) is 0.0580. The van der Waals surface area contributed by atoms with E-state index in [2.05, 4.69) is 17.2 Å². The SMILES string of the molecule is CCCC(COC)Nc1nc(C(=O)O)c(C(C)=O)s1. The van der Waals surface area contributed by atoms with Gasteiger partial charge < -0.3 is 15.2 Å². The molecule has 0 amide bonds. The number of carboxylic acids is 1. The number of ether oxygens (including phenoxy) is 1. The number of carboxylic acid groups (broad SMARTS) is 1. The minimum atomic E-state index is -1.19. The Morgan fingerprint density at radius 1 is 1.53 bits per heavy atom. The van der Waals surface area contributed by atoms with Gasteiger partial charge >= 0.3 is 5.97 Å². The number of rotatable bonds is 8. The zero-order valence-electron chi connectivity index (χ0n) is 11.2. The van der Waals surface area contributed by atoms with E-state index in [-0.39, 0.29) is 22.4 Å². The first kappa shape index (κ1) is 15.6. The van der Waals surface area contributed by atoms with Crippen molar-refractivity contribution in [2.75, 3.05) is 19.0 Å². The van der Waals surface area contributed by atoms with Gasteiger partial charge in [-0.3, -0.25) is 4.79 Å². The van der Waals surface area contributed by atoms with E-state index in [0.29, 0.717) is 11.7 Å². The number of carbonyl (C=O) groups excluding carboxylic acids is 1. The molecule has 1 aromatic rings. The van der Waals surface area contributed by atoms with Gasteiger partial charge in [-0.05, 0) is 6.42 Å². The highest BCUT2D eigenvalue weighted by molar-refractivity contribution is 7.17. The third-order valence-corrected chi connectivity index (χ3v) is 3.57. The van der Waals surface area contributed by atoms with Crippen molar-refractivity contribution in [3.63, 3.8) is 0 Å². The van der Waals surface area contributed by atoms with E-state index in [1.54, 1.807) is 7.11 Å². The van der Waals surface area contributed by atoms with Gasteiger partial charge in [0.15, 0.2) is 16.6 Å². The summed E-state index contributed by atoms with van der Waals surface area (Å²) in [6.45, 7) is 3.89. The Morgan fingerprint density at radius 2 is 2.21 bits per heavy atom. The number of nitrogens with zero attached hydrogens (tertiary/aromatic N) is 1. The number of hydrogen-bond acceptors (Lipinski definition) is 6. The summed E-state index contributed by atoms with van der Waals surface area (Å²) in [4.78, 5) is 26.5. The largest absolute Gasteiger partial charge is 0.476 e. The number of hydrogen-bond donors (Lipinski definition) is 2. The number of carbonyl (C=O) groups is 2. The fraction of sp³-hybridized carbons (Fsp3) is 0.583. The molecular formula is C12H18N2O4S. The van der Waals surface area contributed by atoms with Gasteiger partial charge in [-0.25, -0.2) is 9.78 Å². The zero-order chi connectivity index (χ0) is 14.4. The standard InChI is InChI=1S/C12H18N2O4S/c1-4-5-8(6-18-3)13-12-14-9(11(16)17)10(19-12)7(2)15/h8H,4-6H2,1-3H3,(H,13,14)(H,16,17). The molecule has 0 aromatic carbocycles. The van der Waals surface area contributed by atoms with Gasteiger partial charge in [0.05, 0.1) is 12.6 Å². The molecule has 0 aliphatic rings. The first-order valence-corrected chi connectivity index (χ1v) is 6.81. The minimum absolute atomic E-state index is 0.0580. The highest BCUT2D eigenvalue weighted by Gasteiger charge is 2.21. The third kappa shape index (κ3) is 4.29. The van der Waals surface area contributed by atoms with Crippen LogP contribution in [0.2, 0.25) is 0 Å². The normalized spacial score (nSPS) is 12.2. The molecule has 0 saturated heterocycles. The van der Waals surface area contributed by atoms with Crippen molar-refractivity contribution in [2.45, 2.75) is 32.7 Å². The molecule has 0 saturated carbocycles. The van der Waals surface area contributed by atoms with Crippen LogP contribution in [0.25, 0.3) is 0 Å². The smallest absolute Gasteiger partial charge is 0.356 e. The van der Waals surface area contributed by atoms with Crippen molar-refractivity contribution >= 4 is 28.2 Å². The molecule has 1 aromatic heterocycles. The van der Waals surface area contributed by atoms with E-state index >= 15 is 0 Å².